The summed E-state index contributed by atoms with van der Waals surface area (Å²) in [6.07, 6.45) is 1.98. The summed E-state index contributed by atoms with van der Waals surface area (Å²) in [6, 6.07) is 11.9. The third-order valence-corrected chi connectivity index (χ3v) is 4.46. The van der Waals surface area contributed by atoms with Crippen LogP contribution in [0.4, 0.5) is 11.4 Å². The van der Waals surface area contributed by atoms with Crippen LogP contribution in [0.25, 0.3) is 0 Å². The fraction of sp³-hybridized carbons (Fsp3) is 0.263. The molecule has 0 bridgehead atoms. The lowest BCUT2D eigenvalue weighted by Gasteiger charge is -2.10. The van der Waals surface area contributed by atoms with E-state index in [9.17, 15) is 9.59 Å². The second-order valence-corrected chi connectivity index (χ2v) is 6.48. The summed E-state index contributed by atoms with van der Waals surface area (Å²) in [5, 5.41) is 9.34. The van der Waals surface area contributed by atoms with Crippen LogP contribution in [0, 0.1) is 0 Å². The van der Waals surface area contributed by atoms with Crippen molar-refractivity contribution >= 4 is 46.4 Å². The third-order valence-electron chi connectivity index (χ3n) is 3.64. The lowest BCUT2D eigenvalue weighted by atomic mass is 10.2. The molecule has 2 amide bonds. The highest BCUT2D eigenvalue weighted by atomic mass is 35.5. The zero-order valence-corrected chi connectivity index (χ0v) is 16.0. The predicted molar refractivity (Wildman–Crippen MR) is 107 cm³/mol. The molecule has 0 spiro atoms. The minimum absolute atomic E-state index is 0.0410. The number of anilines is 2. The molecule has 0 unspecified atom stereocenters. The fourth-order valence-electron chi connectivity index (χ4n) is 2.21. The number of nitrogens with one attached hydrogen (secondary N) is 3. The summed E-state index contributed by atoms with van der Waals surface area (Å²) < 4.78 is 0. The van der Waals surface area contributed by atoms with Gasteiger partial charge in [-0.1, -0.05) is 42.6 Å². The molecule has 0 saturated carbocycles. The van der Waals surface area contributed by atoms with Crippen LogP contribution in [0.5, 0.6) is 0 Å². The van der Waals surface area contributed by atoms with Gasteiger partial charge in [0, 0.05) is 17.8 Å². The first-order valence-electron chi connectivity index (χ1n) is 8.37. The Kier molecular flexibility index (Phi) is 7.75. The molecule has 0 saturated heterocycles. The summed E-state index contributed by atoms with van der Waals surface area (Å²) in [5.41, 5.74) is 1.76. The van der Waals surface area contributed by atoms with Crippen molar-refractivity contribution in [3.05, 3.63) is 58.1 Å². The summed E-state index contributed by atoms with van der Waals surface area (Å²) in [7, 11) is 0. The van der Waals surface area contributed by atoms with Crippen molar-refractivity contribution in [2.75, 3.05) is 23.7 Å². The van der Waals surface area contributed by atoms with Crippen molar-refractivity contribution in [1.29, 1.82) is 0 Å². The number of carbonyl (C=O) groups excluding carboxylic acids is 2. The van der Waals surface area contributed by atoms with Crippen LogP contribution in [-0.2, 0) is 4.79 Å². The Morgan fingerprint density at radius 2 is 1.77 bits per heavy atom. The predicted octanol–water partition coefficient (Wildman–Crippen LogP) is 4.57. The van der Waals surface area contributed by atoms with Crippen LogP contribution >= 0.6 is 23.2 Å². The van der Waals surface area contributed by atoms with Gasteiger partial charge in [-0.05, 0) is 42.8 Å². The van der Waals surface area contributed by atoms with E-state index in [0.717, 1.165) is 12.8 Å². The summed E-state index contributed by atoms with van der Waals surface area (Å²) in [4.78, 5) is 24.0. The van der Waals surface area contributed by atoms with Gasteiger partial charge in [-0.3, -0.25) is 9.59 Å². The minimum atomic E-state index is -0.235. The number of hydrogen-bond donors (Lipinski definition) is 3. The second-order valence-electron chi connectivity index (χ2n) is 5.69. The molecule has 2 aromatic carbocycles. The van der Waals surface area contributed by atoms with E-state index < -0.39 is 0 Å². The molecule has 0 aliphatic carbocycles. The van der Waals surface area contributed by atoms with Crippen molar-refractivity contribution in [2.45, 2.75) is 19.8 Å². The quantitative estimate of drug-likeness (QED) is 0.575. The third kappa shape index (κ3) is 5.93. The number of halogens is 2. The Morgan fingerprint density at radius 3 is 2.46 bits per heavy atom. The van der Waals surface area contributed by atoms with E-state index in [-0.39, 0.29) is 18.4 Å². The highest BCUT2D eigenvalue weighted by Gasteiger charge is 2.08. The van der Waals surface area contributed by atoms with E-state index in [1.807, 2.05) is 0 Å². The van der Waals surface area contributed by atoms with Gasteiger partial charge in [0.05, 0.1) is 22.3 Å². The molecule has 0 radical (unpaired) electrons. The van der Waals surface area contributed by atoms with Crippen LogP contribution in [0.3, 0.4) is 0 Å². The van der Waals surface area contributed by atoms with Crippen LogP contribution < -0.4 is 16.0 Å². The maximum absolute atomic E-state index is 12.0. The molecule has 26 heavy (non-hydrogen) atoms. The van der Waals surface area contributed by atoms with Crippen LogP contribution in [0.1, 0.15) is 30.1 Å². The van der Waals surface area contributed by atoms with E-state index in [1.165, 1.54) is 0 Å². The van der Waals surface area contributed by atoms with Crippen LogP contribution in [-0.4, -0.2) is 24.9 Å². The maximum Gasteiger partial charge on any atom is 0.251 e. The monoisotopic (exact) mass is 393 g/mol. The summed E-state index contributed by atoms with van der Waals surface area (Å²) >= 11 is 12.0. The van der Waals surface area contributed by atoms with Crippen LogP contribution in [0.15, 0.2) is 42.5 Å². The fourth-order valence-corrected chi connectivity index (χ4v) is 2.57. The largest absolute Gasteiger partial charge is 0.375 e. The van der Waals surface area contributed by atoms with Gasteiger partial charge in [0.1, 0.15) is 0 Å². The van der Waals surface area contributed by atoms with E-state index in [4.69, 9.17) is 23.2 Å². The number of hydrogen-bond acceptors (Lipinski definition) is 3. The number of benzene rings is 2. The molecular formula is C19H21Cl2N3O2. The van der Waals surface area contributed by atoms with Gasteiger partial charge in [0.2, 0.25) is 5.91 Å². The Labute approximate surface area is 163 Å². The molecule has 7 heteroatoms. The summed E-state index contributed by atoms with van der Waals surface area (Å²) in [5.74, 6) is -0.352. The zero-order valence-electron chi connectivity index (χ0n) is 14.4. The molecule has 0 aliphatic heterocycles. The van der Waals surface area contributed by atoms with E-state index in [2.05, 4.69) is 22.9 Å². The molecule has 5 nitrogen and oxygen atoms in total. The Morgan fingerprint density at radius 1 is 1.04 bits per heavy atom. The highest BCUT2D eigenvalue weighted by Crippen LogP contribution is 2.29. The average Bonchev–Trinajstić information content (AvgIpc) is 2.63. The van der Waals surface area contributed by atoms with Crippen molar-refractivity contribution in [1.82, 2.24) is 5.32 Å². The van der Waals surface area contributed by atoms with Gasteiger partial charge < -0.3 is 16.0 Å². The van der Waals surface area contributed by atoms with E-state index >= 15 is 0 Å². The van der Waals surface area contributed by atoms with Crippen LogP contribution in [0.2, 0.25) is 10.0 Å². The molecule has 0 fully saturated rings. The molecule has 2 aromatic rings. The van der Waals surface area contributed by atoms with Gasteiger partial charge in [-0.2, -0.15) is 0 Å². The standard InChI is InChI=1S/C19H21Cl2N3O2/c1-2-3-11-22-19(26)13-7-9-14(10-8-13)24-17(25)12-23-16-6-4-5-15(20)18(16)21/h4-10,23H,2-3,11-12H2,1H3,(H,22,26)(H,24,25). The zero-order chi connectivity index (χ0) is 18.9. The summed E-state index contributed by atoms with van der Waals surface area (Å²) in [6.45, 7) is 2.77. The molecule has 0 aromatic heterocycles. The van der Waals surface area contributed by atoms with Gasteiger partial charge in [0.15, 0.2) is 0 Å². The number of carbonyl (C=O) groups is 2. The number of amides is 2. The average molecular weight is 394 g/mol. The highest BCUT2D eigenvalue weighted by molar-refractivity contribution is 6.43. The maximum atomic E-state index is 12.0. The van der Waals surface area contributed by atoms with Gasteiger partial charge in [0.25, 0.3) is 5.91 Å². The first-order chi connectivity index (χ1) is 12.5. The minimum Gasteiger partial charge on any atom is -0.375 e. The van der Waals surface area contributed by atoms with E-state index in [1.54, 1.807) is 42.5 Å². The van der Waals surface area contributed by atoms with Crippen molar-refractivity contribution < 1.29 is 9.59 Å². The van der Waals surface area contributed by atoms with E-state index in [0.29, 0.717) is 33.5 Å². The Hall–Kier alpha value is -2.24. The number of unbranched alkanes of at least 4 members (excludes halogenated alkanes) is 1. The Balaban J connectivity index is 1.85. The molecular weight excluding hydrogens is 373 g/mol. The molecule has 3 N–H and O–H groups in total. The Bertz CT molecular complexity index is 764. The molecule has 138 valence electrons. The molecule has 2 rings (SSSR count). The van der Waals surface area contributed by atoms with Crippen molar-refractivity contribution in [3.63, 3.8) is 0 Å². The first-order valence-corrected chi connectivity index (χ1v) is 9.13. The first kappa shape index (κ1) is 20.1. The number of rotatable bonds is 8. The lowest BCUT2D eigenvalue weighted by Crippen LogP contribution is -2.24. The SMILES string of the molecule is CCCCNC(=O)c1ccc(NC(=O)CNc2cccc(Cl)c2Cl)cc1. The molecule has 0 heterocycles. The lowest BCUT2D eigenvalue weighted by molar-refractivity contribution is -0.114. The topological polar surface area (TPSA) is 70.2 Å². The smallest absolute Gasteiger partial charge is 0.251 e. The van der Waals surface area contributed by atoms with Gasteiger partial charge in [-0.15, -0.1) is 0 Å². The van der Waals surface area contributed by atoms with Crippen molar-refractivity contribution in [2.24, 2.45) is 0 Å². The molecule has 0 aliphatic rings. The normalized spacial score (nSPS) is 10.3. The van der Waals surface area contributed by atoms with Crippen molar-refractivity contribution in [3.8, 4) is 0 Å². The molecule has 0 atom stereocenters. The van der Waals surface area contributed by atoms with Gasteiger partial charge in [-0.25, -0.2) is 0 Å². The van der Waals surface area contributed by atoms with Gasteiger partial charge >= 0.3 is 0 Å². The second kappa shape index (κ2) is 10.0.